The Bertz CT molecular complexity index is 651. The van der Waals surface area contributed by atoms with E-state index in [1.54, 1.807) is 0 Å². The van der Waals surface area contributed by atoms with Crippen LogP contribution in [0.5, 0.6) is 0 Å². The van der Waals surface area contributed by atoms with Crippen molar-refractivity contribution in [2.24, 2.45) is 0 Å². The third-order valence-corrected chi connectivity index (χ3v) is 4.45. The van der Waals surface area contributed by atoms with Gasteiger partial charge >= 0.3 is 0 Å². The van der Waals surface area contributed by atoms with Gasteiger partial charge in [-0.1, -0.05) is 24.1 Å². The average Bonchev–Trinajstić information content (AvgIpc) is 2.84. The van der Waals surface area contributed by atoms with Crippen LogP contribution in [0, 0.1) is 13.8 Å². The van der Waals surface area contributed by atoms with Crippen LogP contribution in [-0.2, 0) is 6.42 Å². The van der Waals surface area contributed by atoms with Gasteiger partial charge in [-0.2, -0.15) is 0 Å². The molecule has 2 aromatic heterocycles. The quantitative estimate of drug-likeness (QED) is 0.657. The van der Waals surface area contributed by atoms with Gasteiger partial charge in [0.25, 0.3) is 0 Å². The first kappa shape index (κ1) is 11.5. The number of nitrogens with one attached hydrogen (secondary N) is 1. The van der Waals surface area contributed by atoms with E-state index in [2.05, 4.69) is 56.1 Å². The third-order valence-electron chi connectivity index (χ3n) is 3.24. The van der Waals surface area contributed by atoms with Crippen LogP contribution in [0.3, 0.4) is 0 Å². The van der Waals surface area contributed by atoms with Crippen LogP contribution in [0.2, 0.25) is 0 Å². The maximum atomic E-state index is 3.54. The van der Waals surface area contributed by atoms with E-state index in [1.807, 2.05) is 11.3 Å². The largest absolute Gasteiger partial charge is 0.346 e. The molecule has 3 aromatic rings. The molecule has 0 amide bonds. The Kier molecular flexibility index (Phi) is 2.75. The summed E-state index contributed by atoms with van der Waals surface area (Å²) in [7, 11) is 0. The van der Waals surface area contributed by atoms with Crippen molar-refractivity contribution in [3.05, 3.63) is 46.3 Å². The molecule has 0 aliphatic heterocycles. The van der Waals surface area contributed by atoms with E-state index >= 15 is 0 Å². The molecule has 92 valence electrons. The monoisotopic (exact) mass is 255 g/mol. The summed E-state index contributed by atoms with van der Waals surface area (Å²) in [5.74, 6) is 0. The number of benzene rings is 1. The highest BCUT2D eigenvalue weighted by Crippen LogP contribution is 2.31. The van der Waals surface area contributed by atoms with Crippen molar-refractivity contribution in [1.29, 1.82) is 0 Å². The number of aromatic nitrogens is 1. The lowest BCUT2D eigenvalue weighted by molar-refractivity contribution is 1.19. The van der Waals surface area contributed by atoms with Gasteiger partial charge in [-0.25, -0.2) is 0 Å². The summed E-state index contributed by atoms with van der Waals surface area (Å²) in [6.07, 6.45) is 1.12. The molecule has 0 radical (unpaired) electrons. The molecule has 2 heteroatoms. The number of H-pyrrole nitrogens is 1. The Morgan fingerprint density at radius 3 is 2.33 bits per heavy atom. The van der Waals surface area contributed by atoms with Crippen molar-refractivity contribution < 1.29 is 0 Å². The second-order valence-corrected chi connectivity index (χ2v) is 6.05. The standard InChI is InChI=1S/C16H17NS/c1-4-14-8-13-9-15(17-16(13)18-14)12-6-10(2)5-11(3)7-12/h5-9,17H,4H2,1-3H3. The Morgan fingerprint density at radius 1 is 1.00 bits per heavy atom. The lowest BCUT2D eigenvalue weighted by Crippen LogP contribution is -1.82. The Labute approximate surface area is 111 Å². The summed E-state index contributed by atoms with van der Waals surface area (Å²) in [5.41, 5.74) is 5.15. The van der Waals surface area contributed by atoms with Crippen LogP contribution in [0.15, 0.2) is 30.3 Å². The molecular formula is C16H17NS. The van der Waals surface area contributed by atoms with Crippen molar-refractivity contribution in [2.45, 2.75) is 27.2 Å². The summed E-state index contributed by atoms with van der Waals surface area (Å²) < 4.78 is 0. The normalized spacial score (nSPS) is 11.3. The molecule has 0 unspecified atom stereocenters. The van der Waals surface area contributed by atoms with Crippen LogP contribution in [0.4, 0.5) is 0 Å². The first-order valence-corrected chi connectivity index (χ1v) is 7.17. The maximum Gasteiger partial charge on any atom is 0.100 e. The highest BCUT2D eigenvalue weighted by molar-refractivity contribution is 7.18. The summed E-state index contributed by atoms with van der Waals surface area (Å²) in [5, 5.41) is 1.34. The van der Waals surface area contributed by atoms with Gasteiger partial charge in [0.05, 0.1) is 0 Å². The average molecular weight is 255 g/mol. The zero-order chi connectivity index (χ0) is 12.7. The molecule has 0 bridgehead atoms. The highest BCUT2D eigenvalue weighted by atomic mass is 32.1. The van der Waals surface area contributed by atoms with Crippen LogP contribution in [0.25, 0.3) is 21.5 Å². The second-order valence-electron chi connectivity index (χ2n) is 4.91. The minimum atomic E-state index is 1.12. The van der Waals surface area contributed by atoms with E-state index in [0.29, 0.717) is 0 Å². The molecule has 0 aliphatic rings. The zero-order valence-electron chi connectivity index (χ0n) is 11.0. The molecule has 0 atom stereocenters. The van der Waals surface area contributed by atoms with Gasteiger partial charge in [0, 0.05) is 16.0 Å². The van der Waals surface area contributed by atoms with Gasteiger partial charge in [0.1, 0.15) is 4.83 Å². The van der Waals surface area contributed by atoms with Crippen LogP contribution >= 0.6 is 11.3 Å². The van der Waals surface area contributed by atoms with Crippen LogP contribution < -0.4 is 0 Å². The molecule has 0 aliphatic carbocycles. The summed E-state index contributed by atoms with van der Waals surface area (Å²) >= 11 is 1.87. The lowest BCUT2D eigenvalue weighted by Gasteiger charge is -2.02. The second kappa shape index (κ2) is 4.29. The maximum absolute atomic E-state index is 3.54. The summed E-state index contributed by atoms with van der Waals surface area (Å²) in [6, 6.07) is 11.2. The zero-order valence-corrected chi connectivity index (χ0v) is 11.8. The molecule has 18 heavy (non-hydrogen) atoms. The molecule has 0 saturated heterocycles. The van der Waals surface area contributed by atoms with E-state index in [-0.39, 0.29) is 0 Å². The summed E-state index contributed by atoms with van der Waals surface area (Å²) in [4.78, 5) is 6.28. The number of aromatic amines is 1. The number of aryl methyl sites for hydroxylation is 3. The fourth-order valence-corrected chi connectivity index (χ4v) is 3.43. The van der Waals surface area contributed by atoms with Crippen molar-refractivity contribution >= 4 is 21.6 Å². The first-order chi connectivity index (χ1) is 8.65. The smallest absolute Gasteiger partial charge is 0.100 e. The van der Waals surface area contributed by atoms with Crippen LogP contribution in [0.1, 0.15) is 22.9 Å². The van der Waals surface area contributed by atoms with Crippen molar-refractivity contribution in [1.82, 2.24) is 4.98 Å². The van der Waals surface area contributed by atoms with Gasteiger partial charge < -0.3 is 4.98 Å². The molecule has 3 rings (SSSR count). The van der Waals surface area contributed by atoms with E-state index in [1.165, 1.54) is 37.5 Å². The molecular weight excluding hydrogens is 238 g/mol. The highest BCUT2D eigenvalue weighted by Gasteiger charge is 2.07. The Morgan fingerprint density at radius 2 is 1.72 bits per heavy atom. The van der Waals surface area contributed by atoms with Gasteiger partial charge in [-0.15, -0.1) is 11.3 Å². The Hall–Kier alpha value is -1.54. The molecule has 1 N–H and O–H groups in total. The predicted molar refractivity (Wildman–Crippen MR) is 80.5 cm³/mol. The molecule has 0 fully saturated rings. The van der Waals surface area contributed by atoms with Gasteiger partial charge in [-0.05, 0) is 50.1 Å². The van der Waals surface area contributed by atoms with Crippen molar-refractivity contribution in [2.75, 3.05) is 0 Å². The number of thiophene rings is 1. The predicted octanol–water partition coefficient (Wildman–Crippen LogP) is 5.08. The third kappa shape index (κ3) is 1.97. The number of hydrogen-bond acceptors (Lipinski definition) is 1. The van der Waals surface area contributed by atoms with E-state index in [0.717, 1.165) is 6.42 Å². The number of hydrogen-bond donors (Lipinski definition) is 1. The van der Waals surface area contributed by atoms with Gasteiger partial charge in [0.15, 0.2) is 0 Å². The fraction of sp³-hybridized carbons (Fsp3) is 0.250. The van der Waals surface area contributed by atoms with E-state index in [9.17, 15) is 0 Å². The Balaban J connectivity index is 2.10. The van der Waals surface area contributed by atoms with Gasteiger partial charge in [-0.3, -0.25) is 0 Å². The van der Waals surface area contributed by atoms with Crippen molar-refractivity contribution in [3.8, 4) is 11.3 Å². The molecule has 0 saturated carbocycles. The molecule has 2 heterocycles. The van der Waals surface area contributed by atoms with E-state index < -0.39 is 0 Å². The van der Waals surface area contributed by atoms with Crippen LogP contribution in [-0.4, -0.2) is 4.98 Å². The SMILES string of the molecule is CCc1cc2cc(-c3cc(C)cc(C)c3)[nH]c2s1. The molecule has 0 spiro atoms. The van der Waals surface area contributed by atoms with E-state index in [4.69, 9.17) is 0 Å². The molecule has 1 nitrogen and oxygen atoms in total. The molecule has 1 aromatic carbocycles. The minimum Gasteiger partial charge on any atom is -0.346 e. The number of fused-ring (bicyclic) bond motifs is 1. The van der Waals surface area contributed by atoms with Gasteiger partial charge in [0.2, 0.25) is 0 Å². The van der Waals surface area contributed by atoms with Crippen molar-refractivity contribution in [3.63, 3.8) is 0 Å². The fourth-order valence-electron chi connectivity index (χ4n) is 2.44. The first-order valence-electron chi connectivity index (χ1n) is 6.36. The lowest BCUT2D eigenvalue weighted by atomic mass is 10.1. The minimum absolute atomic E-state index is 1.12. The summed E-state index contributed by atoms with van der Waals surface area (Å²) in [6.45, 7) is 6.50. The topological polar surface area (TPSA) is 15.8 Å². The number of rotatable bonds is 2.